The summed E-state index contributed by atoms with van der Waals surface area (Å²) in [5, 5.41) is 11.6. The van der Waals surface area contributed by atoms with Crippen molar-refractivity contribution in [2.45, 2.75) is 32.7 Å². The molecule has 21 heavy (non-hydrogen) atoms. The Morgan fingerprint density at radius 2 is 2.19 bits per heavy atom. The molecular formula is C15H21N3O3. The van der Waals surface area contributed by atoms with Crippen LogP contribution in [-0.2, 0) is 6.54 Å². The smallest absolute Gasteiger partial charge is 0.354 e. The average Bonchev–Trinajstić information content (AvgIpc) is 3.28. The number of hydrogen-bond donors (Lipinski definition) is 2. The van der Waals surface area contributed by atoms with E-state index in [1.54, 1.807) is 6.07 Å². The van der Waals surface area contributed by atoms with Crippen LogP contribution in [0, 0.1) is 5.92 Å². The molecule has 1 fully saturated rings. The number of carbonyl (C=O) groups excluding carboxylic acids is 1. The van der Waals surface area contributed by atoms with Gasteiger partial charge in [0.1, 0.15) is 5.69 Å². The molecule has 1 heterocycles. The van der Waals surface area contributed by atoms with Crippen molar-refractivity contribution in [3.63, 3.8) is 0 Å². The molecule has 1 aliphatic rings. The molecule has 0 aliphatic heterocycles. The van der Waals surface area contributed by atoms with Crippen molar-refractivity contribution in [1.82, 2.24) is 15.2 Å². The van der Waals surface area contributed by atoms with Crippen molar-refractivity contribution >= 4 is 12.0 Å². The molecule has 1 aromatic heterocycles. The van der Waals surface area contributed by atoms with Crippen molar-refractivity contribution in [2.24, 2.45) is 5.92 Å². The van der Waals surface area contributed by atoms with Gasteiger partial charge in [0.25, 0.3) is 0 Å². The van der Waals surface area contributed by atoms with Gasteiger partial charge in [-0.1, -0.05) is 13.0 Å². The van der Waals surface area contributed by atoms with Crippen LogP contribution in [-0.4, -0.2) is 40.1 Å². The molecule has 1 aliphatic carbocycles. The van der Waals surface area contributed by atoms with E-state index < -0.39 is 5.97 Å². The van der Waals surface area contributed by atoms with Crippen LogP contribution < -0.4 is 5.32 Å². The lowest BCUT2D eigenvalue weighted by Crippen LogP contribution is -2.41. The van der Waals surface area contributed by atoms with Gasteiger partial charge in [0.05, 0.1) is 0 Å². The predicted molar refractivity (Wildman–Crippen MR) is 78.0 cm³/mol. The first-order valence-electron chi connectivity index (χ1n) is 7.31. The summed E-state index contributed by atoms with van der Waals surface area (Å²) in [6.07, 6.45) is 4.85. The van der Waals surface area contributed by atoms with Gasteiger partial charge in [-0.25, -0.2) is 14.6 Å². The van der Waals surface area contributed by atoms with Gasteiger partial charge in [-0.2, -0.15) is 0 Å². The Balaban J connectivity index is 1.84. The molecule has 2 N–H and O–H groups in total. The summed E-state index contributed by atoms with van der Waals surface area (Å²) in [5.74, 6) is -0.386. The highest BCUT2D eigenvalue weighted by Gasteiger charge is 2.26. The lowest BCUT2D eigenvalue weighted by atomic mass is 10.2. The van der Waals surface area contributed by atoms with Crippen LogP contribution in [0.2, 0.25) is 0 Å². The van der Waals surface area contributed by atoms with Gasteiger partial charge in [-0.3, -0.25) is 0 Å². The molecule has 1 aromatic rings. The highest BCUT2D eigenvalue weighted by Crippen LogP contribution is 2.29. The van der Waals surface area contributed by atoms with Gasteiger partial charge in [0.2, 0.25) is 0 Å². The first-order valence-corrected chi connectivity index (χ1v) is 7.31. The Labute approximate surface area is 124 Å². The fourth-order valence-electron chi connectivity index (χ4n) is 2.10. The number of amides is 2. The van der Waals surface area contributed by atoms with E-state index in [2.05, 4.69) is 17.2 Å². The number of carboxylic acid groups (broad SMARTS) is 1. The van der Waals surface area contributed by atoms with E-state index in [0.29, 0.717) is 12.5 Å². The molecule has 1 saturated carbocycles. The maximum atomic E-state index is 12.1. The summed E-state index contributed by atoms with van der Waals surface area (Å²) in [4.78, 5) is 28.5. The predicted octanol–water partition coefficient (Wildman–Crippen LogP) is 2.11. The molecular weight excluding hydrogens is 270 g/mol. The van der Waals surface area contributed by atoms with Gasteiger partial charge in [-0.15, -0.1) is 0 Å². The molecule has 2 amide bonds. The molecule has 2 rings (SSSR count). The van der Waals surface area contributed by atoms with Crippen molar-refractivity contribution in [1.29, 1.82) is 0 Å². The molecule has 0 atom stereocenters. The number of aromatic carboxylic acids is 1. The molecule has 0 unspecified atom stereocenters. The number of carboxylic acids is 1. The number of carbonyl (C=O) groups is 2. The first kappa shape index (κ1) is 15.3. The van der Waals surface area contributed by atoms with Gasteiger partial charge < -0.3 is 15.3 Å². The van der Waals surface area contributed by atoms with Crippen LogP contribution in [0.1, 0.15) is 42.2 Å². The third-order valence-corrected chi connectivity index (χ3v) is 3.44. The van der Waals surface area contributed by atoms with Crippen molar-refractivity contribution in [3.8, 4) is 0 Å². The third-order valence-electron chi connectivity index (χ3n) is 3.44. The fraction of sp³-hybridized carbons (Fsp3) is 0.533. The molecule has 0 aromatic carbocycles. The van der Waals surface area contributed by atoms with Crippen LogP contribution in [0.3, 0.4) is 0 Å². The van der Waals surface area contributed by atoms with E-state index in [4.69, 9.17) is 5.11 Å². The largest absolute Gasteiger partial charge is 0.477 e. The zero-order chi connectivity index (χ0) is 15.2. The highest BCUT2D eigenvalue weighted by atomic mass is 16.4. The van der Waals surface area contributed by atoms with E-state index >= 15 is 0 Å². The summed E-state index contributed by atoms with van der Waals surface area (Å²) in [6, 6.07) is 3.05. The maximum absolute atomic E-state index is 12.1. The van der Waals surface area contributed by atoms with Crippen LogP contribution in [0.25, 0.3) is 0 Å². The molecule has 0 spiro atoms. The highest BCUT2D eigenvalue weighted by molar-refractivity contribution is 5.85. The molecule has 6 nitrogen and oxygen atoms in total. The lowest BCUT2D eigenvalue weighted by molar-refractivity contribution is 0.0690. The topological polar surface area (TPSA) is 82.5 Å². The molecule has 6 heteroatoms. The van der Waals surface area contributed by atoms with Gasteiger partial charge in [0, 0.05) is 25.8 Å². The second kappa shape index (κ2) is 7.06. The SMILES string of the molecule is CCCN(CC1CC1)C(=O)NCc1ccc(C(=O)O)nc1. The quantitative estimate of drug-likeness (QED) is 0.806. The second-order valence-corrected chi connectivity index (χ2v) is 5.40. The fourth-order valence-corrected chi connectivity index (χ4v) is 2.10. The minimum absolute atomic E-state index is 0.00594. The molecule has 114 valence electrons. The monoisotopic (exact) mass is 291 g/mol. The summed E-state index contributed by atoms with van der Waals surface area (Å²) in [6.45, 7) is 4.01. The summed E-state index contributed by atoms with van der Waals surface area (Å²) in [7, 11) is 0. The summed E-state index contributed by atoms with van der Waals surface area (Å²) < 4.78 is 0. The number of aromatic nitrogens is 1. The minimum atomic E-state index is -1.05. The average molecular weight is 291 g/mol. The number of pyridine rings is 1. The second-order valence-electron chi connectivity index (χ2n) is 5.40. The van der Waals surface area contributed by atoms with Crippen molar-refractivity contribution in [2.75, 3.05) is 13.1 Å². The lowest BCUT2D eigenvalue weighted by Gasteiger charge is -2.22. The van der Waals surface area contributed by atoms with E-state index in [1.807, 2.05) is 4.90 Å². The molecule has 0 saturated heterocycles. The Kier molecular flexibility index (Phi) is 5.14. The Bertz CT molecular complexity index is 497. The normalized spacial score (nSPS) is 13.8. The maximum Gasteiger partial charge on any atom is 0.354 e. The Morgan fingerprint density at radius 1 is 1.43 bits per heavy atom. The van der Waals surface area contributed by atoms with Gasteiger partial charge >= 0.3 is 12.0 Å². The number of nitrogens with zero attached hydrogens (tertiary/aromatic N) is 2. The third kappa shape index (κ3) is 4.73. The van der Waals surface area contributed by atoms with Crippen molar-refractivity contribution < 1.29 is 14.7 Å². The minimum Gasteiger partial charge on any atom is -0.477 e. The Morgan fingerprint density at radius 3 is 2.71 bits per heavy atom. The molecule has 0 bridgehead atoms. The zero-order valence-corrected chi connectivity index (χ0v) is 12.2. The van der Waals surface area contributed by atoms with Crippen molar-refractivity contribution in [3.05, 3.63) is 29.6 Å². The Hall–Kier alpha value is -2.11. The molecule has 0 radical (unpaired) electrons. The number of urea groups is 1. The standard InChI is InChI=1S/C15H21N3O3/c1-2-7-18(10-11-3-4-11)15(21)17-9-12-5-6-13(14(19)20)16-8-12/h5-6,8,11H,2-4,7,9-10H2,1H3,(H,17,21)(H,19,20). The van der Waals surface area contributed by atoms with E-state index in [1.165, 1.54) is 25.1 Å². The van der Waals surface area contributed by atoms with E-state index in [-0.39, 0.29) is 11.7 Å². The van der Waals surface area contributed by atoms with Crippen LogP contribution in [0.5, 0.6) is 0 Å². The number of hydrogen-bond acceptors (Lipinski definition) is 3. The zero-order valence-electron chi connectivity index (χ0n) is 12.2. The first-order chi connectivity index (χ1) is 10.1. The van der Waals surface area contributed by atoms with Crippen LogP contribution >= 0.6 is 0 Å². The number of nitrogens with one attached hydrogen (secondary N) is 1. The van der Waals surface area contributed by atoms with Gasteiger partial charge in [0.15, 0.2) is 0 Å². The van der Waals surface area contributed by atoms with Crippen LogP contribution in [0.15, 0.2) is 18.3 Å². The number of rotatable bonds is 7. The summed E-state index contributed by atoms with van der Waals surface area (Å²) >= 11 is 0. The van der Waals surface area contributed by atoms with E-state index in [9.17, 15) is 9.59 Å². The van der Waals surface area contributed by atoms with Gasteiger partial charge in [-0.05, 0) is 36.8 Å². The summed E-state index contributed by atoms with van der Waals surface area (Å²) in [5.41, 5.74) is 0.794. The van der Waals surface area contributed by atoms with Crippen LogP contribution in [0.4, 0.5) is 4.79 Å². The van der Waals surface area contributed by atoms with E-state index in [0.717, 1.165) is 25.1 Å².